The van der Waals surface area contributed by atoms with Crippen LogP contribution in [0.15, 0.2) is 18.2 Å². The first-order valence-electron chi connectivity index (χ1n) is 5.13. The molecule has 84 valence electrons. The minimum absolute atomic E-state index is 0.486. The lowest BCUT2D eigenvalue weighted by molar-refractivity contribution is 0.161. The summed E-state index contributed by atoms with van der Waals surface area (Å²) in [7, 11) is 3.17. The number of hydrogen-bond acceptors (Lipinski definition) is 3. The first-order valence-corrected chi connectivity index (χ1v) is 5.13. The SMILES string of the molecule is CCCC(O)c1cccc(OC)c1OC. The van der Waals surface area contributed by atoms with E-state index in [2.05, 4.69) is 0 Å². The third kappa shape index (κ3) is 2.63. The molecule has 0 spiro atoms. The molecule has 0 fully saturated rings. The van der Waals surface area contributed by atoms with Crippen molar-refractivity contribution in [2.24, 2.45) is 0 Å². The van der Waals surface area contributed by atoms with Gasteiger partial charge in [0.05, 0.1) is 20.3 Å². The van der Waals surface area contributed by atoms with Crippen LogP contribution >= 0.6 is 0 Å². The number of rotatable bonds is 5. The van der Waals surface area contributed by atoms with Crippen molar-refractivity contribution < 1.29 is 14.6 Å². The second-order valence-corrected chi connectivity index (χ2v) is 3.39. The number of methoxy groups -OCH3 is 2. The van der Waals surface area contributed by atoms with Crippen LogP contribution in [-0.2, 0) is 0 Å². The molecule has 1 atom stereocenters. The molecule has 0 heterocycles. The molecule has 0 amide bonds. The largest absolute Gasteiger partial charge is 0.493 e. The first-order chi connectivity index (χ1) is 7.24. The van der Waals surface area contributed by atoms with Crippen molar-refractivity contribution in [1.82, 2.24) is 0 Å². The van der Waals surface area contributed by atoms with Crippen LogP contribution in [0.25, 0.3) is 0 Å². The van der Waals surface area contributed by atoms with Gasteiger partial charge in [0, 0.05) is 5.56 Å². The average molecular weight is 210 g/mol. The molecule has 0 aliphatic carbocycles. The van der Waals surface area contributed by atoms with Gasteiger partial charge in [-0.2, -0.15) is 0 Å². The topological polar surface area (TPSA) is 38.7 Å². The summed E-state index contributed by atoms with van der Waals surface area (Å²) in [5.74, 6) is 1.28. The van der Waals surface area contributed by atoms with Gasteiger partial charge in [0.1, 0.15) is 0 Å². The fourth-order valence-electron chi connectivity index (χ4n) is 1.60. The Labute approximate surface area is 90.6 Å². The maximum atomic E-state index is 9.92. The molecule has 0 aliphatic heterocycles. The maximum absolute atomic E-state index is 9.92. The Bertz CT molecular complexity index is 310. The van der Waals surface area contributed by atoms with Crippen LogP contribution in [-0.4, -0.2) is 19.3 Å². The molecule has 1 unspecified atom stereocenters. The Hall–Kier alpha value is -1.22. The Morgan fingerprint density at radius 2 is 2.00 bits per heavy atom. The number of aliphatic hydroxyl groups is 1. The molecule has 0 aliphatic rings. The molecule has 0 saturated carbocycles. The standard InChI is InChI=1S/C12H18O3/c1-4-6-10(13)9-7-5-8-11(14-2)12(9)15-3/h5,7-8,10,13H,4,6H2,1-3H3. The molecule has 1 aromatic rings. The predicted octanol–water partition coefficient (Wildman–Crippen LogP) is 2.54. The maximum Gasteiger partial charge on any atom is 0.166 e. The van der Waals surface area contributed by atoms with Crippen LogP contribution < -0.4 is 9.47 Å². The lowest BCUT2D eigenvalue weighted by atomic mass is 10.0. The summed E-state index contributed by atoms with van der Waals surface area (Å²) in [5.41, 5.74) is 0.790. The zero-order valence-corrected chi connectivity index (χ0v) is 9.49. The van der Waals surface area contributed by atoms with Gasteiger partial charge in [-0.05, 0) is 12.5 Å². The predicted molar refractivity (Wildman–Crippen MR) is 59.4 cm³/mol. The van der Waals surface area contributed by atoms with Gasteiger partial charge in [0.2, 0.25) is 0 Å². The molecular weight excluding hydrogens is 192 g/mol. The van der Waals surface area contributed by atoms with Crippen LogP contribution in [0.1, 0.15) is 31.4 Å². The van der Waals surface area contributed by atoms with Gasteiger partial charge in [-0.15, -0.1) is 0 Å². The quantitative estimate of drug-likeness (QED) is 0.811. The Balaban J connectivity index is 3.05. The Morgan fingerprint density at radius 3 is 2.53 bits per heavy atom. The van der Waals surface area contributed by atoms with E-state index in [-0.39, 0.29) is 0 Å². The summed E-state index contributed by atoms with van der Waals surface area (Å²) in [6.45, 7) is 2.04. The third-order valence-electron chi connectivity index (χ3n) is 2.35. The number of benzene rings is 1. The molecule has 1 aromatic carbocycles. The van der Waals surface area contributed by atoms with Crippen molar-refractivity contribution in [2.45, 2.75) is 25.9 Å². The zero-order valence-electron chi connectivity index (χ0n) is 9.49. The molecule has 3 nitrogen and oxygen atoms in total. The van der Waals surface area contributed by atoms with Crippen LogP contribution in [0.2, 0.25) is 0 Å². The number of para-hydroxylation sites is 1. The van der Waals surface area contributed by atoms with Crippen molar-refractivity contribution in [3.8, 4) is 11.5 Å². The highest BCUT2D eigenvalue weighted by molar-refractivity contribution is 5.47. The average Bonchev–Trinajstić information content (AvgIpc) is 2.28. The van der Waals surface area contributed by atoms with E-state index >= 15 is 0 Å². The van der Waals surface area contributed by atoms with Crippen molar-refractivity contribution in [1.29, 1.82) is 0 Å². The molecule has 1 rings (SSSR count). The summed E-state index contributed by atoms with van der Waals surface area (Å²) >= 11 is 0. The second-order valence-electron chi connectivity index (χ2n) is 3.39. The van der Waals surface area contributed by atoms with E-state index in [1.165, 1.54) is 0 Å². The van der Waals surface area contributed by atoms with E-state index in [4.69, 9.17) is 9.47 Å². The molecule has 1 N–H and O–H groups in total. The summed E-state index contributed by atoms with van der Waals surface area (Å²) in [4.78, 5) is 0. The van der Waals surface area contributed by atoms with E-state index in [1.807, 2.05) is 25.1 Å². The molecule has 3 heteroatoms. The van der Waals surface area contributed by atoms with Crippen LogP contribution in [0, 0.1) is 0 Å². The van der Waals surface area contributed by atoms with Gasteiger partial charge >= 0.3 is 0 Å². The Morgan fingerprint density at radius 1 is 1.27 bits per heavy atom. The van der Waals surface area contributed by atoms with E-state index in [0.29, 0.717) is 11.5 Å². The van der Waals surface area contributed by atoms with Gasteiger partial charge in [0.15, 0.2) is 11.5 Å². The summed E-state index contributed by atoms with van der Waals surface area (Å²) in [6, 6.07) is 5.54. The highest BCUT2D eigenvalue weighted by atomic mass is 16.5. The molecule has 0 saturated heterocycles. The summed E-state index contributed by atoms with van der Waals surface area (Å²) < 4.78 is 10.4. The molecule has 0 aromatic heterocycles. The lowest BCUT2D eigenvalue weighted by Crippen LogP contribution is -2.01. The van der Waals surface area contributed by atoms with Gasteiger partial charge in [-0.3, -0.25) is 0 Å². The van der Waals surface area contributed by atoms with Crippen molar-refractivity contribution >= 4 is 0 Å². The van der Waals surface area contributed by atoms with Gasteiger partial charge in [-0.25, -0.2) is 0 Å². The Kier molecular flexibility index (Phi) is 4.43. The van der Waals surface area contributed by atoms with Crippen LogP contribution in [0.4, 0.5) is 0 Å². The van der Waals surface area contributed by atoms with E-state index in [1.54, 1.807) is 14.2 Å². The number of aliphatic hydroxyl groups excluding tert-OH is 1. The minimum Gasteiger partial charge on any atom is -0.493 e. The molecule has 15 heavy (non-hydrogen) atoms. The van der Waals surface area contributed by atoms with E-state index in [9.17, 15) is 5.11 Å². The second kappa shape index (κ2) is 5.61. The minimum atomic E-state index is -0.486. The van der Waals surface area contributed by atoms with Gasteiger partial charge in [0.25, 0.3) is 0 Å². The monoisotopic (exact) mass is 210 g/mol. The number of hydrogen-bond donors (Lipinski definition) is 1. The smallest absolute Gasteiger partial charge is 0.166 e. The van der Waals surface area contributed by atoms with Crippen molar-refractivity contribution in [2.75, 3.05) is 14.2 Å². The van der Waals surface area contributed by atoms with Crippen molar-refractivity contribution in [3.63, 3.8) is 0 Å². The third-order valence-corrected chi connectivity index (χ3v) is 2.35. The zero-order chi connectivity index (χ0) is 11.3. The molecule has 0 bridgehead atoms. The van der Waals surface area contributed by atoms with Gasteiger partial charge < -0.3 is 14.6 Å². The highest BCUT2D eigenvalue weighted by Crippen LogP contribution is 2.35. The van der Waals surface area contributed by atoms with E-state index in [0.717, 1.165) is 18.4 Å². The number of ether oxygens (including phenoxy) is 2. The normalized spacial score (nSPS) is 12.3. The summed E-state index contributed by atoms with van der Waals surface area (Å²) in [6.07, 6.45) is 1.17. The van der Waals surface area contributed by atoms with Gasteiger partial charge in [-0.1, -0.05) is 25.5 Å². The molecular formula is C12H18O3. The molecule has 0 radical (unpaired) electrons. The highest BCUT2D eigenvalue weighted by Gasteiger charge is 2.15. The fraction of sp³-hybridized carbons (Fsp3) is 0.500. The van der Waals surface area contributed by atoms with E-state index < -0.39 is 6.10 Å². The summed E-state index contributed by atoms with van der Waals surface area (Å²) in [5, 5.41) is 9.92. The fourth-order valence-corrected chi connectivity index (χ4v) is 1.60. The van der Waals surface area contributed by atoms with Crippen LogP contribution in [0.3, 0.4) is 0 Å². The first kappa shape index (κ1) is 11.9. The lowest BCUT2D eigenvalue weighted by Gasteiger charge is -2.16. The van der Waals surface area contributed by atoms with Crippen molar-refractivity contribution in [3.05, 3.63) is 23.8 Å². The van der Waals surface area contributed by atoms with Crippen LogP contribution in [0.5, 0.6) is 11.5 Å².